The highest BCUT2D eigenvalue weighted by Gasteiger charge is 2.26. The third-order valence-corrected chi connectivity index (χ3v) is 6.17. The van der Waals surface area contributed by atoms with Crippen LogP contribution in [0, 0.1) is 5.92 Å². The number of rotatable bonds is 6. The summed E-state index contributed by atoms with van der Waals surface area (Å²) in [4.78, 5) is 36.8. The second-order valence-electron chi connectivity index (χ2n) is 6.84. The van der Waals surface area contributed by atoms with E-state index in [2.05, 4.69) is 5.32 Å². The second-order valence-corrected chi connectivity index (χ2v) is 7.95. The molecular weight excluding hydrogens is 340 g/mol. The molecule has 1 aromatic rings. The number of primary amides is 1. The SMILES string of the molecule is NC(=O)c1c(NC(=O)COC(=O)CC2CCCCC2)sc2c1CCC2. The normalized spacial score (nSPS) is 17.1. The molecule has 6 nitrogen and oxygen atoms in total. The second kappa shape index (κ2) is 7.99. The smallest absolute Gasteiger partial charge is 0.306 e. The van der Waals surface area contributed by atoms with Crippen LogP contribution in [-0.4, -0.2) is 24.4 Å². The maximum absolute atomic E-state index is 12.1. The zero-order valence-corrected chi connectivity index (χ0v) is 15.1. The van der Waals surface area contributed by atoms with Gasteiger partial charge in [-0.15, -0.1) is 11.3 Å². The Balaban J connectivity index is 1.51. The van der Waals surface area contributed by atoms with E-state index in [-0.39, 0.29) is 12.6 Å². The van der Waals surface area contributed by atoms with E-state index in [9.17, 15) is 14.4 Å². The average Bonchev–Trinajstić information content (AvgIpc) is 3.14. The summed E-state index contributed by atoms with van der Waals surface area (Å²) < 4.78 is 5.09. The first-order valence-corrected chi connectivity index (χ1v) is 9.76. The summed E-state index contributed by atoms with van der Waals surface area (Å²) in [6, 6.07) is 0. The molecule has 136 valence electrons. The summed E-state index contributed by atoms with van der Waals surface area (Å²) in [6.45, 7) is -0.327. The molecule has 0 spiro atoms. The summed E-state index contributed by atoms with van der Waals surface area (Å²) >= 11 is 1.39. The number of amides is 2. The maximum atomic E-state index is 12.1. The van der Waals surface area contributed by atoms with Gasteiger partial charge in [0.2, 0.25) is 0 Å². The molecule has 7 heteroatoms. The minimum absolute atomic E-state index is 0.327. The number of aryl methyl sites for hydroxylation is 1. The van der Waals surface area contributed by atoms with Crippen molar-refractivity contribution in [3.8, 4) is 0 Å². The van der Waals surface area contributed by atoms with Crippen molar-refractivity contribution < 1.29 is 19.1 Å². The molecule has 0 atom stereocenters. The number of nitrogens with one attached hydrogen (secondary N) is 1. The van der Waals surface area contributed by atoms with Gasteiger partial charge in [-0.3, -0.25) is 14.4 Å². The molecule has 0 radical (unpaired) electrons. The number of thiophene rings is 1. The number of hydrogen-bond donors (Lipinski definition) is 2. The van der Waals surface area contributed by atoms with Gasteiger partial charge in [-0.1, -0.05) is 19.3 Å². The zero-order valence-electron chi connectivity index (χ0n) is 14.3. The van der Waals surface area contributed by atoms with Gasteiger partial charge in [-0.05, 0) is 43.6 Å². The van der Waals surface area contributed by atoms with E-state index < -0.39 is 11.8 Å². The molecule has 0 aromatic carbocycles. The molecule has 2 aliphatic rings. The molecule has 2 aliphatic carbocycles. The summed E-state index contributed by atoms with van der Waals surface area (Å²) in [5.41, 5.74) is 6.84. The molecule has 3 N–H and O–H groups in total. The van der Waals surface area contributed by atoms with Gasteiger partial charge in [0.1, 0.15) is 5.00 Å². The van der Waals surface area contributed by atoms with Crippen molar-refractivity contribution in [2.45, 2.75) is 57.8 Å². The van der Waals surface area contributed by atoms with Crippen LogP contribution in [0.15, 0.2) is 0 Å². The van der Waals surface area contributed by atoms with E-state index in [4.69, 9.17) is 10.5 Å². The number of carbonyl (C=O) groups excluding carboxylic acids is 3. The maximum Gasteiger partial charge on any atom is 0.306 e. The van der Waals surface area contributed by atoms with Crippen LogP contribution in [0.4, 0.5) is 5.00 Å². The van der Waals surface area contributed by atoms with Crippen molar-refractivity contribution in [1.29, 1.82) is 0 Å². The predicted octanol–water partition coefficient (Wildman–Crippen LogP) is 2.79. The number of anilines is 1. The highest BCUT2D eigenvalue weighted by molar-refractivity contribution is 7.17. The van der Waals surface area contributed by atoms with E-state index in [0.29, 0.717) is 22.9 Å². The number of nitrogens with two attached hydrogens (primary N) is 1. The van der Waals surface area contributed by atoms with Crippen LogP contribution in [0.25, 0.3) is 0 Å². The van der Waals surface area contributed by atoms with Crippen molar-refractivity contribution >= 4 is 34.1 Å². The number of hydrogen-bond acceptors (Lipinski definition) is 5. The van der Waals surface area contributed by atoms with E-state index in [0.717, 1.165) is 55.4 Å². The Morgan fingerprint density at radius 3 is 2.60 bits per heavy atom. The molecular formula is C18H24N2O4S. The molecule has 1 saturated carbocycles. The van der Waals surface area contributed by atoms with Crippen LogP contribution in [0.1, 0.15) is 65.7 Å². The highest BCUT2D eigenvalue weighted by atomic mass is 32.1. The van der Waals surface area contributed by atoms with Gasteiger partial charge in [-0.2, -0.15) is 0 Å². The molecule has 0 saturated heterocycles. The van der Waals surface area contributed by atoms with Crippen LogP contribution < -0.4 is 11.1 Å². The van der Waals surface area contributed by atoms with Gasteiger partial charge in [0.25, 0.3) is 11.8 Å². The Hall–Kier alpha value is -1.89. The first-order valence-electron chi connectivity index (χ1n) is 8.94. The Bertz CT molecular complexity index is 677. The third-order valence-electron chi connectivity index (χ3n) is 4.96. The first kappa shape index (κ1) is 17.9. The van der Waals surface area contributed by atoms with Crippen molar-refractivity contribution in [3.63, 3.8) is 0 Å². The Morgan fingerprint density at radius 1 is 1.12 bits per heavy atom. The number of fused-ring (bicyclic) bond motifs is 1. The number of ether oxygens (including phenoxy) is 1. The fraction of sp³-hybridized carbons (Fsp3) is 0.611. The van der Waals surface area contributed by atoms with Gasteiger partial charge in [0.05, 0.1) is 5.56 Å². The minimum atomic E-state index is -0.524. The highest BCUT2D eigenvalue weighted by Crippen LogP contribution is 2.38. The van der Waals surface area contributed by atoms with Gasteiger partial charge >= 0.3 is 5.97 Å². The zero-order chi connectivity index (χ0) is 17.8. The van der Waals surface area contributed by atoms with E-state index in [1.54, 1.807) is 0 Å². The summed E-state index contributed by atoms with van der Waals surface area (Å²) in [5, 5.41) is 3.16. The summed E-state index contributed by atoms with van der Waals surface area (Å²) in [7, 11) is 0. The lowest BCUT2D eigenvalue weighted by Crippen LogP contribution is -2.23. The van der Waals surface area contributed by atoms with Crippen molar-refractivity contribution in [3.05, 3.63) is 16.0 Å². The Morgan fingerprint density at radius 2 is 1.88 bits per heavy atom. The molecule has 1 aromatic heterocycles. The van der Waals surface area contributed by atoms with Crippen molar-refractivity contribution in [2.24, 2.45) is 11.7 Å². The first-order chi connectivity index (χ1) is 12.0. The van der Waals surface area contributed by atoms with Gasteiger partial charge in [0.15, 0.2) is 6.61 Å². The lowest BCUT2D eigenvalue weighted by Gasteiger charge is -2.20. The third kappa shape index (κ3) is 4.39. The van der Waals surface area contributed by atoms with Gasteiger partial charge in [0, 0.05) is 11.3 Å². The average molecular weight is 364 g/mol. The lowest BCUT2D eigenvalue weighted by atomic mass is 9.87. The Labute approximate surface area is 151 Å². The van der Waals surface area contributed by atoms with Crippen LogP contribution in [0.2, 0.25) is 0 Å². The number of esters is 1. The predicted molar refractivity (Wildman–Crippen MR) is 95.6 cm³/mol. The van der Waals surface area contributed by atoms with Crippen LogP contribution in [0.3, 0.4) is 0 Å². The fourth-order valence-electron chi connectivity index (χ4n) is 3.75. The van der Waals surface area contributed by atoms with E-state index in [1.807, 2.05) is 0 Å². The lowest BCUT2D eigenvalue weighted by molar-refractivity contribution is -0.148. The van der Waals surface area contributed by atoms with Gasteiger partial charge < -0.3 is 15.8 Å². The molecule has 0 unspecified atom stereocenters. The summed E-state index contributed by atoms with van der Waals surface area (Å²) in [6.07, 6.45) is 8.80. The molecule has 1 fully saturated rings. The molecule has 0 bridgehead atoms. The summed E-state index contributed by atoms with van der Waals surface area (Å²) in [5.74, 6) is -0.902. The van der Waals surface area contributed by atoms with E-state index in [1.165, 1.54) is 17.8 Å². The largest absolute Gasteiger partial charge is 0.456 e. The Kier molecular flexibility index (Phi) is 5.73. The molecule has 2 amide bonds. The standard InChI is InChI=1S/C18H24N2O4S/c19-17(23)16-12-7-4-8-13(12)25-18(16)20-14(21)10-24-15(22)9-11-5-2-1-3-6-11/h11H,1-10H2,(H2,19,23)(H,20,21). The fourth-order valence-corrected chi connectivity index (χ4v) is 5.06. The molecule has 25 heavy (non-hydrogen) atoms. The van der Waals surface area contributed by atoms with Crippen LogP contribution in [0.5, 0.6) is 0 Å². The monoisotopic (exact) mass is 364 g/mol. The quantitative estimate of drug-likeness (QED) is 0.758. The number of carbonyl (C=O) groups is 3. The molecule has 3 rings (SSSR count). The molecule has 1 heterocycles. The van der Waals surface area contributed by atoms with Gasteiger partial charge in [-0.25, -0.2) is 0 Å². The van der Waals surface area contributed by atoms with Crippen LogP contribution >= 0.6 is 11.3 Å². The van der Waals surface area contributed by atoms with Crippen molar-refractivity contribution in [1.82, 2.24) is 0 Å². The molecule has 0 aliphatic heterocycles. The van der Waals surface area contributed by atoms with E-state index >= 15 is 0 Å². The van der Waals surface area contributed by atoms with Crippen LogP contribution in [-0.2, 0) is 27.2 Å². The van der Waals surface area contributed by atoms with Crippen molar-refractivity contribution in [2.75, 3.05) is 11.9 Å². The topological polar surface area (TPSA) is 98.5 Å². The minimum Gasteiger partial charge on any atom is -0.456 e.